The van der Waals surface area contributed by atoms with Crippen LogP contribution >= 0.6 is 0 Å². The summed E-state index contributed by atoms with van der Waals surface area (Å²) in [5, 5.41) is 14.4. The molecule has 4 rings (SSSR count). The third-order valence-corrected chi connectivity index (χ3v) is 5.62. The highest BCUT2D eigenvalue weighted by atomic mass is 32.2. The van der Waals surface area contributed by atoms with Crippen molar-refractivity contribution in [2.45, 2.75) is 5.75 Å². The molecule has 4 aromatic rings. The predicted molar refractivity (Wildman–Crippen MR) is 113 cm³/mol. The van der Waals surface area contributed by atoms with Gasteiger partial charge in [-0.25, -0.2) is 18.1 Å². The number of benzene rings is 2. The van der Waals surface area contributed by atoms with Crippen molar-refractivity contribution >= 4 is 44.1 Å². The molecule has 0 amide bonds. The van der Waals surface area contributed by atoms with E-state index in [-0.39, 0.29) is 5.75 Å². The van der Waals surface area contributed by atoms with E-state index < -0.39 is 10.0 Å². The van der Waals surface area contributed by atoms with Gasteiger partial charge in [0.2, 0.25) is 16.0 Å². The van der Waals surface area contributed by atoms with Crippen LogP contribution < -0.4 is 15.4 Å². The van der Waals surface area contributed by atoms with Crippen molar-refractivity contribution in [3.8, 4) is 0 Å². The lowest BCUT2D eigenvalue weighted by Gasteiger charge is -2.10. The van der Waals surface area contributed by atoms with Crippen molar-refractivity contribution in [3.63, 3.8) is 0 Å². The van der Waals surface area contributed by atoms with E-state index in [4.69, 9.17) is 0 Å². The van der Waals surface area contributed by atoms with Crippen molar-refractivity contribution in [1.29, 1.82) is 0 Å². The summed E-state index contributed by atoms with van der Waals surface area (Å²) in [6.07, 6.45) is 3.41. The van der Waals surface area contributed by atoms with Gasteiger partial charge < -0.3 is 10.6 Å². The second-order valence-corrected chi connectivity index (χ2v) is 8.24. The molecule has 0 aliphatic rings. The van der Waals surface area contributed by atoms with Gasteiger partial charge in [0, 0.05) is 17.3 Å². The average Bonchev–Trinajstić information content (AvgIpc) is 3.20. The van der Waals surface area contributed by atoms with E-state index in [9.17, 15) is 8.42 Å². The molecule has 2 aromatic heterocycles. The first-order valence-corrected chi connectivity index (χ1v) is 10.5. The second kappa shape index (κ2) is 7.86. The van der Waals surface area contributed by atoms with Crippen LogP contribution in [0.2, 0.25) is 0 Å². The zero-order chi connectivity index (χ0) is 20.3. The summed E-state index contributed by atoms with van der Waals surface area (Å²) in [7, 11) is -1.90. The standard InChI is InChI=1S/C19H19N7O2S/c1-20-29(27,28)12-13-5-7-14(8-6-13)23-19-21-10-9-18(25-19)24-16-3-2-4-17-15(16)11-22-26-17/h2-11,20H,12H2,1H3,(H,22,26)(H2,21,23,24,25). The highest BCUT2D eigenvalue weighted by Crippen LogP contribution is 2.24. The molecular weight excluding hydrogens is 390 g/mol. The smallest absolute Gasteiger partial charge is 0.229 e. The van der Waals surface area contributed by atoms with E-state index in [0.717, 1.165) is 22.3 Å². The maximum absolute atomic E-state index is 11.6. The van der Waals surface area contributed by atoms with E-state index >= 15 is 0 Å². The van der Waals surface area contributed by atoms with Gasteiger partial charge in [-0.15, -0.1) is 0 Å². The quantitative estimate of drug-likeness (QED) is 0.370. The van der Waals surface area contributed by atoms with Crippen LogP contribution in [0.25, 0.3) is 10.9 Å². The van der Waals surface area contributed by atoms with Crippen molar-refractivity contribution in [2.24, 2.45) is 0 Å². The summed E-state index contributed by atoms with van der Waals surface area (Å²) in [5.41, 5.74) is 3.26. The lowest BCUT2D eigenvalue weighted by atomic mass is 10.2. The van der Waals surface area contributed by atoms with Gasteiger partial charge >= 0.3 is 0 Å². The Kier molecular flexibility index (Phi) is 5.10. The van der Waals surface area contributed by atoms with Crippen molar-refractivity contribution in [3.05, 3.63) is 66.5 Å². The second-order valence-electron chi connectivity index (χ2n) is 6.31. The van der Waals surface area contributed by atoms with Gasteiger partial charge in [0.1, 0.15) is 5.82 Å². The van der Waals surface area contributed by atoms with E-state index in [2.05, 4.69) is 35.5 Å². The number of sulfonamides is 1. The van der Waals surface area contributed by atoms with Crippen LogP contribution in [0.15, 0.2) is 60.9 Å². The van der Waals surface area contributed by atoms with Crippen LogP contribution in [0, 0.1) is 0 Å². The zero-order valence-corrected chi connectivity index (χ0v) is 16.4. The molecule has 0 atom stereocenters. The van der Waals surface area contributed by atoms with Gasteiger partial charge in [0.15, 0.2) is 0 Å². The van der Waals surface area contributed by atoms with Crippen LogP contribution in [-0.4, -0.2) is 35.6 Å². The minimum absolute atomic E-state index is 0.0702. The average molecular weight is 409 g/mol. The van der Waals surface area contributed by atoms with Gasteiger partial charge in [-0.1, -0.05) is 18.2 Å². The summed E-state index contributed by atoms with van der Waals surface area (Å²) in [4.78, 5) is 8.72. The lowest BCUT2D eigenvalue weighted by molar-refractivity contribution is 0.587. The number of aromatic amines is 1. The van der Waals surface area contributed by atoms with Crippen LogP contribution in [0.4, 0.5) is 23.1 Å². The fourth-order valence-corrected chi connectivity index (χ4v) is 3.58. The number of nitrogens with one attached hydrogen (secondary N) is 4. The first-order valence-electron chi connectivity index (χ1n) is 8.82. The number of rotatable bonds is 7. The number of aromatic nitrogens is 4. The molecule has 4 N–H and O–H groups in total. The Hall–Kier alpha value is -3.50. The molecule has 0 spiro atoms. The molecule has 0 saturated carbocycles. The van der Waals surface area contributed by atoms with Crippen LogP contribution in [-0.2, 0) is 15.8 Å². The first-order chi connectivity index (χ1) is 14.0. The van der Waals surface area contributed by atoms with Crippen LogP contribution in [0.3, 0.4) is 0 Å². The molecule has 10 heteroatoms. The number of nitrogens with zero attached hydrogens (tertiary/aromatic N) is 3. The number of hydrogen-bond donors (Lipinski definition) is 4. The molecule has 2 aromatic carbocycles. The molecule has 2 heterocycles. The molecule has 9 nitrogen and oxygen atoms in total. The van der Waals surface area contributed by atoms with E-state index in [1.165, 1.54) is 7.05 Å². The summed E-state index contributed by atoms with van der Waals surface area (Å²) in [6.45, 7) is 0. The highest BCUT2D eigenvalue weighted by molar-refractivity contribution is 7.88. The highest BCUT2D eigenvalue weighted by Gasteiger charge is 2.09. The van der Waals surface area contributed by atoms with E-state index in [1.807, 2.05) is 18.2 Å². The number of H-pyrrole nitrogens is 1. The van der Waals surface area contributed by atoms with Crippen LogP contribution in [0.1, 0.15) is 5.56 Å². The maximum atomic E-state index is 11.6. The van der Waals surface area contributed by atoms with E-state index in [0.29, 0.717) is 17.3 Å². The predicted octanol–water partition coefficient (Wildman–Crippen LogP) is 2.89. The van der Waals surface area contributed by atoms with Gasteiger partial charge in [-0.2, -0.15) is 10.1 Å². The Morgan fingerprint density at radius 3 is 2.66 bits per heavy atom. The number of hydrogen-bond acceptors (Lipinski definition) is 7. The Morgan fingerprint density at radius 2 is 1.86 bits per heavy atom. The summed E-state index contributed by atoms with van der Waals surface area (Å²) in [5.74, 6) is 0.983. The fourth-order valence-electron chi connectivity index (χ4n) is 2.81. The summed E-state index contributed by atoms with van der Waals surface area (Å²) >= 11 is 0. The molecule has 0 saturated heterocycles. The summed E-state index contributed by atoms with van der Waals surface area (Å²) in [6, 6.07) is 14.7. The Labute approximate surface area is 167 Å². The molecule has 29 heavy (non-hydrogen) atoms. The topological polar surface area (TPSA) is 125 Å². The van der Waals surface area contributed by atoms with Crippen LogP contribution in [0.5, 0.6) is 0 Å². The fraction of sp³-hybridized carbons (Fsp3) is 0.105. The molecule has 0 radical (unpaired) electrons. The molecule has 0 bridgehead atoms. The van der Waals surface area contributed by atoms with Crippen molar-refractivity contribution in [1.82, 2.24) is 24.9 Å². The monoisotopic (exact) mass is 409 g/mol. The lowest BCUT2D eigenvalue weighted by Crippen LogP contribution is -2.20. The van der Waals surface area contributed by atoms with Gasteiger partial charge in [0.25, 0.3) is 0 Å². The third-order valence-electron chi connectivity index (χ3n) is 4.28. The largest absolute Gasteiger partial charge is 0.339 e. The molecule has 148 valence electrons. The SMILES string of the molecule is CNS(=O)(=O)Cc1ccc(Nc2nccc(Nc3cccc4[nH]ncc34)n2)cc1. The molecular formula is C19H19N7O2S. The third kappa shape index (κ3) is 4.50. The molecule has 0 unspecified atom stereocenters. The summed E-state index contributed by atoms with van der Waals surface area (Å²) < 4.78 is 25.6. The Balaban J connectivity index is 1.48. The molecule has 0 aliphatic carbocycles. The van der Waals surface area contributed by atoms with Gasteiger partial charge in [-0.05, 0) is 42.9 Å². The van der Waals surface area contributed by atoms with E-state index in [1.54, 1.807) is 42.7 Å². The van der Waals surface area contributed by atoms with Gasteiger partial charge in [-0.3, -0.25) is 5.10 Å². The number of anilines is 4. The Bertz CT molecular complexity index is 1240. The minimum Gasteiger partial charge on any atom is -0.339 e. The molecule has 0 fully saturated rings. The minimum atomic E-state index is -3.30. The Morgan fingerprint density at radius 1 is 1.03 bits per heavy atom. The normalized spacial score (nSPS) is 11.5. The maximum Gasteiger partial charge on any atom is 0.229 e. The number of fused-ring (bicyclic) bond motifs is 1. The van der Waals surface area contributed by atoms with Crippen molar-refractivity contribution < 1.29 is 8.42 Å². The first kappa shape index (κ1) is 18.8. The van der Waals surface area contributed by atoms with Crippen molar-refractivity contribution in [2.75, 3.05) is 17.7 Å². The molecule has 0 aliphatic heterocycles. The van der Waals surface area contributed by atoms with Gasteiger partial charge in [0.05, 0.1) is 23.2 Å². The zero-order valence-electron chi connectivity index (χ0n) is 15.5.